The summed E-state index contributed by atoms with van der Waals surface area (Å²) in [6.45, 7) is 4.33. The lowest BCUT2D eigenvalue weighted by Crippen LogP contribution is -2.21. The van der Waals surface area contributed by atoms with E-state index in [2.05, 4.69) is 56.3 Å². The van der Waals surface area contributed by atoms with Gasteiger partial charge in [-0.15, -0.1) is 11.8 Å². The van der Waals surface area contributed by atoms with Crippen LogP contribution in [0, 0.1) is 6.92 Å². The largest absolute Gasteiger partial charge is 0.323 e. The third-order valence-electron chi connectivity index (χ3n) is 4.36. The maximum Gasteiger partial charge on any atom is 0.0416 e. The fourth-order valence-corrected chi connectivity index (χ4v) is 4.06. The first-order valence-corrected chi connectivity index (χ1v) is 8.62. The minimum absolute atomic E-state index is 0.0730. The van der Waals surface area contributed by atoms with Gasteiger partial charge >= 0.3 is 0 Å². The highest BCUT2D eigenvalue weighted by atomic mass is 32.2. The van der Waals surface area contributed by atoms with Crippen molar-refractivity contribution >= 4 is 11.8 Å². The number of thioether (sulfide) groups is 1. The monoisotopic (exact) mass is 297 g/mol. The molecule has 3 rings (SSSR count). The molecule has 2 N–H and O–H groups in total. The summed E-state index contributed by atoms with van der Waals surface area (Å²) < 4.78 is 0. The Morgan fingerprint density at radius 2 is 1.71 bits per heavy atom. The lowest BCUT2D eigenvalue weighted by atomic mass is 10.0. The highest BCUT2D eigenvalue weighted by molar-refractivity contribution is 8.00. The molecule has 0 aromatic heterocycles. The zero-order chi connectivity index (χ0) is 14.8. The first-order valence-electron chi connectivity index (χ1n) is 7.74. The summed E-state index contributed by atoms with van der Waals surface area (Å²) in [5, 5.41) is 0.368. The van der Waals surface area contributed by atoms with Crippen molar-refractivity contribution in [2.24, 2.45) is 5.73 Å². The van der Waals surface area contributed by atoms with E-state index in [1.165, 1.54) is 46.4 Å². The second-order valence-corrected chi connectivity index (χ2v) is 7.49. The first kappa shape index (κ1) is 14.7. The zero-order valence-corrected chi connectivity index (χ0v) is 13.6. The molecule has 1 nitrogen and oxygen atoms in total. The van der Waals surface area contributed by atoms with E-state index >= 15 is 0 Å². The molecular formula is C19H23NS. The van der Waals surface area contributed by atoms with Crippen LogP contribution < -0.4 is 5.73 Å². The highest BCUT2D eigenvalue weighted by Gasteiger charge is 2.17. The average molecular weight is 297 g/mol. The zero-order valence-electron chi connectivity index (χ0n) is 12.8. The standard InChI is InChI=1S/C19H23NS/c1-13-6-8-16(9-7-13)19(20)14(2)21-18-11-10-15-4-3-5-17(15)12-18/h6-12,14,19H,3-5,20H2,1-2H3. The van der Waals surface area contributed by atoms with Crippen LogP contribution >= 0.6 is 11.8 Å². The van der Waals surface area contributed by atoms with Crippen LogP contribution in [0.1, 0.15) is 41.6 Å². The van der Waals surface area contributed by atoms with E-state index in [0.29, 0.717) is 5.25 Å². The molecule has 110 valence electrons. The van der Waals surface area contributed by atoms with Gasteiger partial charge in [0.25, 0.3) is 0 Å². The van der Waals surface area contributed by atoms with E-state index in [9.17, 15) is 0 Å². The van der Waals surface area contributed by atoms with Gasteiger partial charge in [-0.25, -0.2) is 0 Å². The number of fused-ring (bicyclic) bond motifs is 1. The molecule has 0 saturated carbocycles. The third-order valence-corrected chi connectivity index (χ3v) is 5.55. The Kier molecular flexibility index (Phi) is 4.37. The quantitative estimate of drug-likeness (QED) is 0.830. The smallest absolute Gasteiger partial charge is 0.0416 e. The Balaban J connectivity index is 1.70. The van der Waals surface area contributed by atoms with E-state index in [1.54, 1.807) is 0 Å². The van der Waals surface area contributed by atoms with Crippen LogP contribution in [0.4, 0.5) is 0 Å². The molecule has 0 saturated heterocycles. The van der Waals surface area contributed by atoms with Crippen LogP contribution in [0.5, 0.6) is 0 Å². The topological polar surface area (TPSA) is 26.0 Å². The number of hydrogen-bond acceptors (Lipinski definition) is 2. The maximum atomic E-state index is 6.43. The molecule has 0 radical (unpaired) electrons. The van der Waals surface area contributed by atoms with Gasteiger partial charge in [-0.1, -0.05) is 42.8 Å². The van der Waals surface area contributed by atoms with Gasteiger partial charge in [0.2, 0.25) is 0 Å². The van der Waals surface area contributed by atoms with Gasteiger partial charge in [0.05, 0.1) is 0 Å². The second-order valence-electron chi connectivity index (χ2n) is 6.04. The van der Waals surface area contributed by atoms with Crippen LogP contribution in [0.25, 0.3) is 0 Å². The Morgan fingerprint density at radius 1 is 1.00 bits per heavy atom. The lowest BCUT2D eigenvalue weighted by molar-refractivity contribution is 0.715. The minimum Gasteiger partial charge on any atom is -0.323 e. The summed E-state index contributed by atoms with van der Waals surface area (Å²) in [5.74, 6) is 0. The molecule has 0 heterocycles. The van der Waals surface area contributed by atoms with Crippen LogP contribution in [-0.4, -0.2) is 5.25 Å². The van der Waals surface area contributed by atoms with Crippen LogP contribution in [-0.2, 0) is 12.8 Å². The van der Waals surface area contributed by atoms with Crippen molar-refractivity contribution in [1.82, 2.24) is 0 Å². The molecule has 0 bridgehead atoms. The number of benzene rings is 2. The second kappa shape index (κ2) is 6.25. The third kappa shape index (κ3) is 3.33. The summed E-state index contributed by atoms with van der Waals surface area (Å²) in [6.07, 6.45) is 3.79. The summed E-state index contributed by atoms with van der Waals surface area (Å²) >= 11 is 1.89. The van der Waals surface area contributed by atoms with E-state index < -0.39 is 0 Å². The normalized spacial score (nSPS) is 16.5. The maximum absolute atomic E-state index is 6.43. The van der Waals surface area contributed by atoms with Crippen molar-refractivity contribution in [3.8, 4) is 0 Å². The van der Waals surface area contributed by atoms with Gasteiger partial charge < -0.3 is 5.73 Å². The molecule has 21 heavy (non-hydrogen) atoms. The molecule has 2 unspecified atom stereocenters. The van der Waals surface area contributed by atoms with Crippen LogP contribution in [0.15, 0.2) is 47.4 Å². The van der Waals surface area contributed by atoms with E-state index in [1.807, 2.05) is 11.8 Å². The molecule has 2 atom stereocenters. The van der Waals surface area contributed by atoms with Gasteiger partial charge in [-0.3, -0.25) is 0 Å². The Morgan fingerprint density at radius 3 is 2.48 bits per heavy atom. The minimum atomic E-state index is 0.0730. The summed E-state index contributed by atoms with van der Waals surface area (Å²) in [6, 6.07) is 15.6. The van der Waals surface area contributed by atoms with E-state index in [4.69, 9.17) is 5.73 Å². The molecule has 2 heteroatoms. The van der Waals surface area contributed by atoms with Crippen molar-refractivity contribution in [1.29, 1.82) is 0 Å². The molecule has 0 spiro atoms. The van der Waals surface area contributed by atoms with Crippen molar-refractivity contribution < 1.29 is 0 Å². The van der Waals surface area contributed by atoms with Gasteiger partial charge in [0, 0.05) is 16.2 Å². The molecule has 0 fully saturated rings. The summed E-state index contributed by atoms with van der Waals surface area (Å²) in [5.41, 5.74) is 12.0. The fourth-order valence-electron chi connectivity index (χ4n) is 2.97. The molecule has 1 aliphatic carbocycles. The average Bonchev–Trinajstić information content (AvgIpc) is 2.95. The van der Waals surface area contributed by atoms with Gasteiger partial charge in [-0.05, 0) is 55.0 Å². The summed E-state index contributed by atoms with van der Waals surface area (Å²) in [4.78, 5) is 1.35. The summed E-state index contributed by atoms with van der Waals surface area (Å²) in [7, 11) is 0. The van der Waals surface area contributed by atoms with Crippen molar-refractivity contribution in [2.45, 2.75) is 49.3 Å². The van der Waals surface area contributed by atoms with E-state index in [-0.39, 0.29) is 6.04 Å². The van der Waals surface area contributed by atoms with Crippen molar-refractivity contribution in [2.75, 3.05) is 0 Å². The predicted octanol–water partition coefficient (Wildman–Crippen LogP) is 4.66. The molecular weight excluding hydrogens is 274 g/mol. The van der Waals surface area contributed by atoms with Crippen molar-refractivity contribution in [3.63, 3.8) is 0 Å². The number of nitrogens with two attached hydrogens (primary N) is 1. The first-order chi connectivity index (χ1) is 10.1. The molecule has 1 aliphatic rings. The van der Waals surface area contributed by atoms with Gasteiger partial charge in [0.1, 0.15) is 0 Å². The Hall–Kier alpha value is -1.25. The molecule has 0 aliphatic heterocycles. The number of rotatable bonds is 4. The SMILES string of the molecule is Cc1ccc(C(N)C(C)Sc2ccc3c(c2)CCC3)cc1. The Labute approximate surface area is 132 Å². The molecule has 0 amide bonds. The predicted molar refractivity (Wildman–Crippen MR) is 91.9 cm³/mol. The van der Waals surface area contributed by atoms with Gasteiger partial charge in [-0.2, -0.15) is 0 Å². The number of hydrogen-bond donors (Lipinski definition) is 1. The van der Waals surface area contributed by atoms with Crippen molar-refractivity contribution in [3.05, 3.63) is 64.7 Å². The molecule has 2 aromatic carbocycles. The lowest BCUT2D eigenvalue weighted by Gasteiger charge is -2.20. The van der Waals surface area contributed by atoms with Gasteiger partial charge in [0.15, 0.2) is 0 Å². The number of aryl methyl sites for hydroxylation is 3. The van der Waals surface area contributed by atoms with Crippen LogP contribution in [0.3, 0.4) is 0 Å². The highest BCUT2D eigenvalue weighted by Crippen LogP contribution is 2.33. The Bertz CT molecular complexity index is 618. The molecule has 2 aromatic rings. The van der Waals surface area contributed by atoms with E-state index in [0.717, 1.165) is 0 Å². The fraction of sp³-hybridized carbons (Fsp3) is 0.368. The van der Waals surface area contributed by atoms with Crippen LogP contribution in [0.2, 0.25) is 0 Å².